The number of carbonyl (C=O) groups excluding carboxylic acids is 2. The third-order valence-corrected chi connectivity index (χ3v) is 3.87. The first-order chi connectivity index (χ1) is 11.1. The Morgan fingerprint density at radius 3 is 2.57 bits per heavy atom. The van der Waals surface area contributed by atoms with Gasteiger partial charge in [-0.15, -0.1) is 0 Å². The lowest BCUT2D eigenvalue weighted by Crippen LogP contribution is -2.39. The minimum absolute atomic E-state index is 0.134. The normalized spacial score (nSPS) is 14.9. The van der Waals surface area contributed by atoms with E-state index in [0.717, 1.165) is 25.7 Å². The van der Waals surface area contributed by atoms with E-state index in [1.807, 2.05) is 0 Å². The van der Waals surface area contributed by atoms with Crippen LogP contribution in [0.5, 0.6) is 5.75 Å². The number of hydrogen-bond donors (Lipinski definition) is 4. The van der Waals surface area contributed by atoms with Gasteiger partial charge in [-0.1, -0.05) is 19.3 Å². The summed E-state index contributed by atoms with van der Waals surface area (Å²) in [6, 6.07) is 4.98. The fraction of sp³-hybridized carbons (Fsp3) is 0.500. The van der Waals surface area contributed by atoms with Crippen molar-refractivity contribution in [1.82, 2.24) is 5.32 Å². The van der Waals surface area contributed by atoms with Crippen molar-refractivity contribution >= 4 is 23.3 Å². The second kappa shape index (κ2) is 8.38. The summed E-state index contributed by atoms with van der Waals surface area (Å²) in [6.07, 6.45) is 5.53. The highest BCUT2D eigenvalue weighted by molar-refractivity contribution is 6.00. The molecule has 1 aromatic carbocycles. The lowest BCUT2D eigenvalue weighted by atomic mass is 9.96. The standard InChI is InChI=1S/C16H24N4O3/c1-23-12-7-8-13(14(9-12)19-15(21)10-17)20-16(22)18-11-5-3-2-4-6-11/h7-9,11H,2-6,10,17H2,1H3,(H,19,21)(H2,18,20,22). The molecule has 0 bridgehead atoms. The number of hydrogen-bond acceptors (Lipinski definition) is 4. The molecule has 7 nitrogen and oxygen atoms in total. The van der Waals surface area contributed by atoms with Gasteiger partial charge >= 0.3 is 6.03 Å². The molecule has 126 valence electrons. The van der Waals surface area contributed by atoms with Gasteiger partial charge in [0.25, 0.3) is 0 Å². The number of urea groups is 1. The first kappa shape index (κ1) is 17.1. The molecule has 1 aliphatic rings. The number of benzene rings is 1. The third-order valence-electron chi connectivity index (χ3n) is 3.87. The molecule has 0 spiro atoms. The Bertz CT molecular complexity index is 556. The Morgan fingerprint density at radius 1 is 1.17 bits per heavy atom. The summed E-state index contributed by atoms with van der Waals surface area (Å²) >= 11 is 0. The van der Waals surface area contributed by atoms with E-state index in [1.54, 1.807) is 18.2 Å². The number of nitrogens with one attached hydrogen (secondary N) is 3. The zero-order chi connectivity index (χ0) is 16.7. The van der Waals surface area contributed by atoms with E-state index in [-0.39, 0.29) is 24.5 Å². The Kier molecular flexibility index (Phi) is 6.22. The van der Waals surface area contributed by atoms with Crippen LogP contribution in [0.2, 0.25) is 0 Å². The summed E-state index contributed by atoms with van der Waals surface area (Å²) in [5, 5.41) is 8.41. The van der Waals surface area contributed by atoms with Crippen molar-refractivity contribution in [2.24, 2.45) is 5.73 Å². The first-order valence-electron chi connectivity index (χ1n) is 7.88. The van der Waals surface area contributed by atoms with Gasteiger partial charge in [0.15, 0.2) is 0 Å². The van der Waals surface area contributed by atoms with Crippen LogP contribution in [0, 0.1) is 0 Å². The van der Waals surface area contributed by atoms with Crippen molar-refractivity contribution in [3.05, 3.63) is 18.2 Å². The molecule has 1 saturated carbocycles. The summed E-state index contributed by atoms with van der Waals surface area (Å²) in [5.74, 6) is 0.240. The summed E-state index contributed by atoms with van der Waals surface area (Å²) in [6.45, 7) is -0.134. The Morgan fingerprint density at radius 2 is 1.91 bits per heavy atom. The molecule has 0 radical (unpaired) electrons. The first-order valence-corrected chi connectivity index (χ1v) is 7.88. The number of amides is 3. The van der Waals surface area contributed by atoms with Gasteiger partial charge in [-0.3, -0.25) is 4.79 Å². The number of anilines is 2. The molecule has 0 unspecified atom stereocenters. The third kappa shape index (κ3) is 5.14. The van der Waals surface area contributed by atoms with Crippen LogP contribution in [0.1, 0.15) is 32.1 Å². The highest BCUT2D eigenvalue weighted by Crippen LogP contribution is 2.27. The van der Waals surface area contributed by atoms with Gasteiger partial charge < -0.3 is 26.4 Å². The van der Waals surface area contributed by atoms with Crippen LogP contribution in [0.4, 0.5) is 16.2 Å². The molecule has 1 aliphatic carbocycles. The predicted molar refractivity (Wildman–Crippen MR) is 89.7 cm³/mol. The van der Waals surface area contributed by atoms with Crippen molar-refractivity contribution in [2.45, 2.75) is 38.1 Å². The summed E-state index contributed by atoms with van der Waals surface area (Å²) in [4.78, 5) is 23.7. The van der Waals surface area contributed by atoms with E-state index in [2.05, 4.69) is 16.0 Å². The summed E-state index contributed by atoms with van der Waals surface area (Å²) < 4.78 is 5.14. The molecule has 0 atom stereocenters. The van der Waals surface area contributed by atoms with Crippen molar-refractivity contribution in [3.8, 4) is 5.75 Å². The van der Waals surface area contributed by atoms with E-state index < -0.39 is 0 Å². The molecule has 0 saturated heterocycles. The van der Waals surface area contributed by atoms with E-state index in [1.165, 1.54) is 13.5 Å². The van der Waals surface area contributed by atoms with Crippen LogP contribution in [0.15, 0.2) is 18.2 Å². The van der Waals surface area contributed by atoms with Gasteiger partial charge in [-0.05, 0) is 25.0 Å². The van der Waals surface area contributed by atoms with Crippen LogP contribution in [-0.4, -0.2) is 31.6 Å². The monoisotopic (exact) mass is 320 g/mol. The molecule has 0 heterocycles. The van der Waals surface area contributed by atoms with Gasteiger partial charge in [-0.2, -0.15) is 0 Å². The fourth-order valence-corrected chi connectivity index (χ4v) is 2.65. The lowest BCUT2D eigenvalue weighted by molar-refractivity contribution is -0.114. The second-order valence-corrected chi connectivity index (χ2v) is 5.60. The minimum Gasteiger partial charge on any atom is -0.497 e. The number of rotatable bonds is 5. The molecule has 23 heavy (non-hydrogen) atoms. The quantitative estimate of drug-likeness (QED) is 0.666. The largest absolute Gasteiger partial charge is 0.497 e. The molecule has 7 heteroatoms. The maximum Gasteiger partial charge on any atom is 0.319 e. The molecule has 1 aromatic rings. The Labute approximate surface area is 136 Å². The van der Waals surface area contributed by atoms with E-state index >= 15 is 0 Å². The Balaban J connectivity index is 2.04. The zero-order valence-corrected chi connectivity index (χ0v) is 13.4. The van der Waals surface area contributed by atoms with Crippen LogP contribution in [0.25, 0.3) is 0 Å². The highest BCUT2D eigenvalue weighted by atomic mass is 16.5. The van der Waals surface area contributed by atoms with Crippen LogP contribution < -0.4 is 26.4 Å². The number of nitrogens with two attached hydrogens (primary N) is 1. The summed E-state index contributed by atoms with van der Waals surface area (Å²) in [7, 11) is 1.53. The molecule has 3 amide bonds. The van der Waals surface area contributed by atoms with Gasteiger partial charge in [0, 0.05) is 12.1 Å². The van der Waals surface area contributed by atoms with Gasteiger partial charge in [0.2, 0.25) is 5.91 Å². The van der Waals surface area contributed by atoms with Gasteiger partial charge in [0.05, 0.1) is 25.0 Å². The van der Waals surface area contributed by atoms with E-state index in [0.29, 0.717) is 17.1 Å². The molecule has 5 N–H and O–H groups in total. The SMILES string of the molecule is COc1ccc(NC(=O)NC2CCCCC2)c(NC(=O)CN)c1. The average Bonchev–Trinajstić information content (AvgIpc) is 2.57. The van der Waals surface area contributed by atoms with Crippen molar-refractivity contribution in [2.75, 3.05) is 24.3 Å². The van der Waals surface area contributed by atoms with Gasteiger partial charge in [-0.25, -0.2) is 4.79 Å². The number of ether oxygens (including phenoxy) is 1. The highest BCUT2D eigenvalue weighted by Gasteiger charge is 2.17. The number of methoxy groups -OCH3 is 1. The fourth-order valence-electron chi connectivity index (χ4n) is 2.65. The molecular weight excluding hydrogens is 296 g/mol. The number of carbonyl (C=O) groups is 2. The maximum absolute atomic E-state index is 12.2. The minimum atomic E-state index is -0.339. The van der Waals surface area contributed by atoms with Crippen LogP contribution in [-0.2, 0) is 4.79 Å². The Hall–Kier alpha value is -2.28. The molecule has 1 fully saturated rings. The summed E-state index contributed by atoms with van der Waals surface area (Å²) in [5.41, 5.74) is 6.28. The topological polar surface area (TPSA) is 105 Å². The smallest absolute Gasteiger partial charge is 0.319 e. The van der Waals surface area contributed by atoms with Crippen molar-refractivity contribution in [1.29, 1.82) is 0 Å². The molecule has 0 aromatic heterocycles. The average molecular weight is 320 g/mol. The van der Waals surface area contributed by atoms with E-state index in [4.69, 9.17) is 10.5 Å². The van der Waals surface area contributed by atoms with Gasteiger partial charge in [0.1, 0.15) is 5.75 Å². The van der Waals surface area contributed by atoms with E-state index in [9.17, 15) is 9.59 Å². The van der Waals surface area contributed by atoms with Crippen molar-refractivity contribution < 1.29 is 14.3 Å². The van der Waals surface area contributed by atoms with Crippen molar-refractivity contribution in [3.63, 3.8) is 0 Å². The maximum atomic E-state index is 12.2. The molecular formula is C16H24N4O3. The molecule has 2 rings (SSSR count). The zero-order valence-electron chi connectivity index (χ0n) is 13.4. The predicted octanol–water partition coefficient (Wildman–Crippen LogP) is 2.05. The lowest BCUT2D eigenvalue weighted by Gasteiger charge is -2.23. The second-order valence-electron chi connectivity index (χ2n) is 5.60. The molecule has 0 aliphatic heterocycles. The van der Waals surface area contributed by atoms with Crippen LogP contribution >= 0.6 is 0 Å². The van der Waals surface area contributed by atoms with Crippen LogP contribution in [0.3, 0.4) is 0 Å².